The van der Waals surface area contributed by atoms with Crippen LogP contribution < -0.4 is 0 Å². The number of carbonyl (C=O) groups excluding carboxylic acids is 1. The zero-order chi connectivity index (χ0) is 20.7. The third-order valence-electron chi connectivity index (χ3n) is 6.59. The maximum Gasteiger partial charge on any atom is 0.230 e. The molecule has 5 rings (SSSR count). The molecular formula is C24H25F2N3O. The van der Waals surface area contributed by atoms with E-state index < -0.39 is 11.6 Å². The van der Waals surface area contributed by atoms with Gasteiger partial charge in [0.15, 0.2) is 11.6 Å². The molecule has 0 bridgehead atoms. The van der Waals surface area contributed by atoms with Crippen molar-refractivity contribution in [1.29, 1.82) is 0 Å². The summed E-state index contributed by atoms with van der Waals surface area (Å²) in [6.07, 6.45) is 2.68. The molecule has 2 fully saturated rings. The summed E-state index contributed by atoms with van der Waals surface area (Å²) < 4.78 is 26.8. The summed E-state index contributed by atoms with van der Waals surface area (Å²) in [6.45, 7) is 3.43. The molecule has 1 aromatic heterocycles. The number of hydrogen-bond donors (Lipinski definition) is 1. The SMILES string of the molecule is O=C1N(Cc2ccc(F)c(F)c2)CCCC12CCN(Cc1cc3ccccc3[nH]1)C2. The van der Waals surface area contributed by atoms with Gasteiger partial charge in [-0.15, -0.1) is 0 Å². The Morgan fingerprint density at radius 3 is 2.67 bits per heavy atom. The molecule has 0 saturated carbocycles. The second-order valence-electron chi connectivity index (χ2n) is 8.70. The van der Waals surface area contributed by atoms with E-state index in [0.717, 1.165) is 56.2 Å². The molecule has 4 nitrogen and oxygen atoms in total. The van der Waals surface area contributed by atoms with E-state index in [9.17, 15) is 13.6 Å². The molecule has 30 heavy (non-hydrogen) atoms. The van der Waals surface area contributed by atoms with Crippen molar-refractivity contribution in [2.45, 2.75) is 32.4 Å². The maximum atomic E-state index is 13.6. The van der Waals surface area contributed by atoms with Crippen LogP contribution in [0.25, 0.3) is 10.9 Å². The predicted octanol–water partition coefficient (Wildman–Crippen LogP) is 4.46. The zero-order valence-corrected chi connectivity index (χ0v) is 16.8. The molecule has 0 aliphatic carbocycles. The number of fused-ring (bicyclic) bond motifs is 1. The fraction of sp³-hybridized carbons (Fsp3) is 0.375. The Labute approximate surface area is 174 Å². The number of benzene rings is 2. The van der Waals surface area contributed by atoms with Crippen molar-refractivity contribution >= 4 is 16.8 Å². The van der Waals surface area contributed by atoms with Crippen molar-refractivity contribution in [2.24, 2.45) is 5.41 Å². The molecule has 1 atom stereocenters. The lowest BCUT2D eigenvalue weighted by Crippen LogP contribution is -2.49. The third-order valence-corrected chi connectivity index (χ3v) is 6.59. The topological polar surface area (TPSA) is 39.3 Å². The van der Waals surface area contributed by atoms with E-state index >= 15 is 0 Å². The molecule has 1 unspecified atom stereocenters. The average Bonchev–Trinajstić information content (AvgIpc) is 3.33. The number of halogens is 2. The minimum atomic E-state index is -0.864. The van der Waals surface area contributed by atoms with Crippen molar-refractivity contribution in [3.8, 4) is 0 Å². The number of para-hydroxylation sites is 1. The van der Waals surface area contributed by atoms with Gasteiger partial charge in [-0.3, -0.25) is 9.69 Å². The molecular weight excluding hydrogens is 384 g/mol. The van der Waals surface area contributed by atoms with Gasteiger partial charge in [-0.25, -0.2) is 8.78 Å². The number of likely N-dealkylation sites (tertiary alicyclic amines) is 2. The van der Waals surface area contributed by atoms with Crippen LogP contribution in [0.1, 0.15) is 30.5 Å². The summed E-state index contributed by atoms with van der Waals surface area (Å²) in [7, 11) is 0. The van der Waals surface area contributed by atoms with Crippen molar-refractivity contribution in [3.63, 3.8) is 0 Å². The first kappa shape index (κ1) is 19.2. The highest BCUT2D eigenvalue weighted by molar-refractivity contribution is 5.84. The number of H-pyrrole nitrogens is 1. The third kappa shape index (κ3) is 3.49. The number of aromatic nitrogens is 1. The summed E-state index contributed by atoms with van der Waals surface area (Å²) in [4.78, 5) is 21.0. The predicted molar refractivity (Wildman–Crippen MR) is 112 cm³/mol. The van der Waals surface area contributed by atoms with Crippen molar-refractivity contribution < 1.29 is 13.6 Å². The highest BCUT2D eigenvalue weighted by Gasteiger charge is 2.48. The molecule has 1 spiro atoms. The number of nitrogens with zero attached hydrogens (tertiary/aromatic N) is 2. The van der Waals surface area contributed by atoms with Gasteiger partial charge in [-0.05, 0) is 61.0 Å². The van der Waals surface area contributed by atoms with E-state index in [2.05, 4.69) is 28.1 Å². The maximum absolute atomic E-state index is 13.6. The monoisotopic (exact) mass is 409 g/mol. The molecule has 156 valence electrons. The van der Waals surface area contributed by atoms with Gasteiger partial charge < -0.3 is 9.88 Å². The smallest absolute Gasteiger partial charge is 0.230 e. The van der Waals surface area contributed by atoms with Crippen LogP contribution in [0, 0.1) is 17.0 Å². The number of rotatable bonds is 4. The van der Waals surface area contributed by atoms with E-state index in [1.807, 2.05) is 17.0 Å². The van der Waals surface area contributed by atoms with E-state index in [0.29, 0.717) is 18.7 Å². The van der Waals surface area contributed by atoms with Gasteiger partial charge in [0.25, 0.3) is 0 Å². The molecule has 2 aromatic carbocycles. The molecule has 2 aliphatic rings. The number of hydrogen-bond acceptors (Lipinski definition) is 2. The minimum Gasteiger partial charge on any atom is -0.357 e. The first-order valence-corrected chi connectivity index (χ1v) is 10.5. The van der Waals surface area contributed by atoms with E-state index in [1.165, 1.54) is 11.5 Å². The van der Waals surface area contributed by atoms with E-state index in [-0.39, 0.29) is 11.3 Å². The van der Waals surface area contributed by atoms with E-state index in [4.69, 9.17) is 0 Å². The lowest BCUT2D eigenvalue weighted by Gasteiger charge is -2.39. The quantitative estimate of drug-likeness (QED) is 0.691. The van der Waals surface area contributed by atoms with Gasteiger partial charge in [0, 0.05) is 37.4 Å². The summed E-state index contributed by atoms with van der Waals surface area (Å²) in [5.41, 5.74) is 2.57. The molecule has 1 amide bonds. The van der Waals surface area contributed by atoms with Crippen LogP contribution in [0.15, 0.2) is 48.5 Å². The summed E-state index contributed by atoms with van der Waals surface area (Å²) in [5.74, 6) is -1.57. The van der Waals surface area contributed by atoms with Gasteiger partial charge in [0.1, 0.15) is 0 Å². The second kappa shape index (κ2) is 7.51. The number of amides is 1. The first-order valence-electron chi connectivity index (χ1n) is 10.5. The Kier molecular flexibility index (Phi) is 4.82. The lowest BCUT2D eigenvalue weighted by molar-refractivity contribution is -0.146. The normalized spacial score (nSPS) is 22.5. The number of aromatic amines is 1. The summed E-state index contributed by atoms with van der Waals surface area (Å²) in [6, 6.07) is 14.3. The van der Waals surface area contributed by atoms with Crippen molar-refractivity contribution in [1.82, 2.24) is 14.8 Å². The molecule has 0 radical (unpaired) electrons. The molecule has 3 heterocycles. The standard InChI is InChI=1S/C24H25F2N3O/c25-20-7-6-17(12-21(20)26)14-29-10-3-8-24(23(29)30)9-11-28(16-24)15-19-13-18-4-1-2-5-22(18)27-19/h1-2,4-7,12-13,27H,3,8-11,14-16H2. The Morgan fingerprint density at radius 2 is 1.83 bits per heavy atom. The van der Waals surface area contributed by atoms with Gasteiger partial charge in [0.2, 0.25) is 5.91 Å². The number of piperidine rings is 1. The Bertz CT molecular complexity index is 1060. The van der Waals surface area contributed by atoms with Crippen LogP contribution in [0.4, 0.5) is 8.78 Å². The summed E-state index contributed by atoms with van der Waals surface area (Å²) >= 11 is 0. The fourth-order valence-electron chi connectivity index (χ4n) is 5.09. The Morgan fingerprint density at radius 1 is 0.967 bits per heavy atom. The average molecular weight is 409 g/mol. The highest BCUT2D eigenvalue weighted by Crippen LogP contribution is 2.41. The molecule has 2 saturated heterocycles. The van der Waals surface area contributed by atoms with Crippen LogP contribution in [0.5, 0.6) is 0 Å². The van der Waals surface area contributed by atoms with Gasteiger partial charge in [-0.1, -0.05) is 24.3 Å². The van der Waals surface area contributed by atoms with Crippen LogP contribution in [-0.2, 0) is 17.9 Å². The first-order chi connectivity index (χ1) is 14.5. The lowest BCUT2D eigenvalue weighted by atomic mass is 9.78. The van der Waals surface area contributed by atoms with Crippen LogP contribution in [0.3, 0.4) is 0 Å². The largest absolute Gasteiger partial charge is 0.357 e. The van der Waals surface area contributed by atoms with Crippen LogP contribution in [-0.4, -0.2) is 40.3 Å². The second-order valence-corrected chi connectivity index (χ2v) is 8.70. The Balaban J connectivity index is 1.28. The van der Waals surface area contributed by atoms with Gasteiger partial charge in [-0.2, -0.15) is 0 Å². The molecule has 6 heteroatoms. The summed E-state index contributed by atoms with van der Waals surface area (Å²) in [5, 5.41) is 1.20. The van der Waals surface area contributed by atoms with Gasteiger partial charge in [0.05, 0.1) is 5.41 Å². The van der Waals surface area contributed by atoms with Crippen molar-refractivity contribution in [3.05, 3.63) is 71.4 Å². The molecule has 1 N–H and O–H groups in total. The highest BCUT2D eigenvalue weighted by atomic mass is 19.2. The Hall–Kier alpha value is -2.73. The minimum absolute atomic E-state index is 0.151. The van der Waals surface area contributed by atoms with Crippen LogP contribution in [0.2, 0.25) is 0 Å². The molecule has 2 aliphatic heterocycles. The zero-order valence-electron chi connectivity index (χ0n) is 16.8. The molecule has 3 aromatic rings. The fourth-order valence-corrected chi connectivity index (χ4v) is 5.09. The van der Waals surface area contributed by atoms with Crippen molar-refractivity contribution in [2.75, 3.05) is 19.6 Å². The number of nitrogens with one attached hydrogen (secondary N) is 1. The van der Waals surface area contributed by atoms with E-state index in [1.54, 1.807) is 6.07 Å². The van der Waals surface area contributed by atoms with Crippen LogP contribution >= 0.6 is 0 Å². The van der Waals surface area contributed by atoms with Gasteiger partial charge >= 0.3 is 0 Å². The number of carbonyl (C=O) groups is 1.